The second-order valence-electron chi connectivity index (χ2n) is 3.08. The van der Waals surface area contributed by atoms with Gasteiger partial charge in [-0.1, -0.05) is 18.2 Å². The van der Waals surface area contributed by atoms with E-state index in [1.807, 2.05) is 42.5 Å². The SMILES string of the molecule is Brc1ccccc1Oc1cccc(Br)c1Br. The van der Waals surface area contributed by atoms with Crippen LogP contribution in [0.5, 0.6) is 11.5 Å². The van der Waals surface area contributed by atoms with Gasteiger partial charge >= 0.3 is 0 Å². The molecule has 0 fully saturated rings. The summed E-state index contributed by atoms with van der Waals surface area (Å²) in [5.74, 6) is 1.57. The Kier molecular flexibility index (Phi) is 4.05. The lowest BCUT2D eigenvalue weighted by Gasteiger charge is -2.09. The van der Waals surface area contributed by atoms with Crippen molar-refractivity contribution >= 4 is 47.8 Å². The summed E-state index contributed by atoms with van der Waals surface area (Å²) in [4.78, 5) is 0. The first kappa shape index (κ1) is 12.1. The Hall–Kier alpha value is -0.320. The van der Waals surface area contributed by atoms with Gasteiger partial charge in [-0.3, -0.25) is 0 Å². The highest BCUT2D eigenvalue weighted by molar-refractivity contribution is 9.13. The molecule has 4 heteroatoms. The van der Waals surface area contributed by atoms with Gasteiger partial charge in [-0.15, -0.1) is 0 Å². The van der Waals surface area contributed by atoms with Crippen LogP contribution in [0.25, 0.3) is 0 Å². The molecule has 0 saturated carbocycles. The first-order valence-corrected chi connectivity index (χ1v) is 6.93. The van der Waals surface area contributed by atoms with Crippen molar-refractivity contribution in [1.29, 1.82) is 0 Å². The van der Waals surface area contributed by atoms with E-state index in [1.54, 1.807) is 0 Å². The number of halogens is 3. The molecule has 0 spiro atoms. The van der Waals surface area contributed by atoms with Crippen molar-refractivity contribution in [3.63, 3.8) is 0 Å². The molecule has 2 rings (SSSR count). The molecule has 82 valence electrons. The molecule has 0 unspecified atom stereocenters. The van der Waals surface area contributed by atoms with Crippen LogP contribution in [-0.4, -0.2) is 0 Å². The third kappa shape index (κ3) is 2.67. The van der Waals surface area contributed by atoms with Gasteiger partial charge in [-0.05, 0) is 72.1 Å². The second kappa shape index (κ2) is 5.34. The summed E-state index contributed by atoms with van der Waals surface area (Å²) < 4.78 is 8.61. The Morgan fingerprint density at radius 3 is 2.06 bits per heavy atom. The van der Waals surface area contributed by atoms with Crippen LogP contribution in [-0.2, 0) is 0 Å². The van der Waals surface area contributed by atoms with E-state index in [-0.39, 0.29) is 0 Å². The van der Waals surface area contributed by atoms with Crippen molar-refractivity contribution in [3.05, 3.63) is 55.9 Å². The minimum absolute atomic E-state index is 0.779. The maximum Gasteiger partial charge on any atom is 0.142 e. The molecule has 0 aromatic heterocycles. The minimum atomic E-state index is 0.779. The van der Waals surface area contributed by atoms with Crippen molar-refractivity contribution in [2.45, 2.75) is 0 Å². The van der Waals surface area contributed by atoms with Gasteiger partial charge in [0.15, 0.2) is 0 Å². The van der Waals surface area contributed by atoms with Crippen LogP contribution in [0.1, 0.15) is 0 Å². The molecule has 0 atom stereocenters. The molecule has 1 nitrogen and oxygen atoms in total. The summed E-state index contributed by atoms with van der Waals surface area (Å²) in [7, 11) is 0. The average Bonchev–Trinajstić information content (AvgIpc) is 2.28. The minimum Gasteiger partial charge on any atom is -0.455 e. The predicted octanol–water partition coefficient (Wildman–Crippen LogP) is 5.77. The fraction of sp³-hybridized carbons (Fsp3) is 0. The van der Waals surface area contributed by atoms with Crippen molar-refractivity contribution in [2.24, 2.45) is 0 Å². The van der Waals surface area contributed by atoms with Crippen LogP contribution in [0.2, 0.25) is 0 Å². The van der Waals surface area contributed by atoms with E-state index in [4.69, 9.17) is 4.74 Å². The Labute approximate surface area is 119 Å². The van der Waals surface area contributed by atoms with Crippen LogP contribution in [0.3, 0.4) is 0 Å². The van der Waals surface area contributed by atoms with Crippen molar-refractivity contribution in [1.82, 2.24) is 0 Å². The first-order chi connectivity index (χ1) is 7.68. The summed E-state index contributed by atoms with van der Waals surface area (Å²) in [5.41, 5.74) is 0. The van der Waals surface area contributed by atoms with Crippen LogP contribution in [0.4, 0.5) is 0 Å². The molecule has 16 heavy (non-hydrogen) atoms. The normalized spacial score (nSPS) is 10.2. The Balaban J connectivity index is 2.35. The number of ether oxygens (including phenoxy) is 1. The van der Waals surface area contributed by atoms with Crippen LogP contribution in [0, 0.1) is 0 Å². The van der Waals surface area contributed by atoms with Crippen molar-refractivity contribution in [2.75, 3.05) is 0 Å². The van der Waals surface area contributed by atoms with Gasteiger partial charge in [0.05, 0.1) is 8.95 Å². The zero-order valence-corrected chi connectivity index (χ0v) is 12.8. The van der Waals surface area contributed by atoms with Crippen LogP contribution in [0.15, 0.2) is 55.9 Å². The lowest BCUT2D eigenvalue weighted by Crippen LogP contribution is -1.86. The summed E-state index contributed by atoms with van der Waals surface area (Å²) in [5, 5.41) is 0. The smallest absolute Gasteiger partial charge is 0.142 e. The molecule has 0 N–H and O–H groups in total. The van der Waals surface area contributed by atoms with Gasteiger partial charge in [0.25, 0.3) is 0 Å². The molecule has 0 amide bonds. The van der Waals surface area contributed by atoms with E-state index in [0.29, 0.717) is 0 Å². The van der Waals surface area contributed by atoms with E-state index in [1.165, 1.54) is 0 Å². The zero-order chi connectivity index (χ0) is 11.5. The van der Waals surface area contributed by atoms with E-state index in [9.17, 15) is 0 Å². The zero-order valence-electron chi connectivity index (χ0n) is 8.08. The van der Waals surface area contributed by atoms with E-state index in [0.717, 1.165) is 24.9 Å². The molecule has 2 aromatic rings. The third-order valence-electron chi connectivity index (χ3n) is 1.97. The number of hydrogen-bond donors (Lipinski definition) is 0. The highest BCUT2D eigenvalue weighted by Crippen LogP contribution is 2.37. The standard InChI is InChI=1S/C12H7Br3O/c13-8-4-1-2-6-10(8)16-11-7-3-5-9(14)12(11)15/h1-7H. The molecule has 0 aliphatic rings. The van der Waals surface area contributed by atoms with Crippen LogP contribution < -0.4 is 4.74 Å². The number of rotatable bonds is 2. The van der Waals surface area contributed by atoms with E-state index < -0.39 is 0 Å². The predicted molar refractivity (Wildman–Crippen MR) is 76.1 cm³/mol. The summed E-state index contributed by atoms with van der Waals surface area (Å²) >= 11 is 10.4. The summed E-state index contributed by atoms with van der Waals surface area (Å²) in [6.07, 6.45) is 0. The van der Waals surface area contributed by atoms with Crippen LogP contribution >= 0.6 is 47.8 Å². The Morgan fingerprint density at radius 1 is 0.688 bits per heavy atom. The van der Waals surface area contributed by atoms with Gasteiger partial charge in [-0.25, -0.2) is 0 Å². The molecule has 0 heterocycles. The van der Waals surface area contributed by atoms with Crippen molar-refractivity contribution < 1.29 is 4.74 Å². The number of benzene rings is 2. The lowest BCUT2D eigenvalue weighted by molar-refractivity contribution is 0.476. The lowest BCUT2D eigenvalue weighted by atomic mass is 10.3. The molecule has 0 saturated heterocycles. The number of para-hydroxylation sites is 1. The molecule has 0 bridgehead atoms. The highest BCUT2D eigenvalue weighted by atomic mass is 79.9. The average molecular weight is 407 g/mol. The van der Waals surface area contributed by atoms with Gasteiger partial charge in [0.1, 0.15) is 11.5 Å². The molecule has 2 aromatic carbocycles. The topological polar surface area (TPSA) is 9.23 Å². The molecular weight excluding hydrogens is 400 g/mol. The third-order valence-corrected chi connectivity index (χ3v) is 4.64. The van der Waals surface area contributed by atoms with Gasteiger partial charge in [-0.2, -0.15) is 0 Å². The second-order valence-corrected chi connectivity index (χ2v) is 5.59. The largest absolute Gasteiger partial charge is 0.455 e. The monoisotopic (exact) mass is 404 g/mol. The van der Waals surface area contributed by atoms with Gasteiger partial charge in [0, 0.05) is 4.47 Å². The Bertz CT molecular complexity index is 511. The highest BCUT2D eigenvalue weighted by Gasteiger charge is 2.07. The molecular formula is C12H7Br3O. The van der Waals surface area contributed by atoms with Gasteiger partial charge < -0.3 is 4.74 Å². The Morgan fingerprint density at radius 2 is 1.31 bits per heavy atom. The quantitative estimate of drug-likeness (QED) is 0.615. The fourth-order valence-corrected chi connectivity index (χ4v) is 2.27. The fourth-order valence-electron chi connectivity index (χ4n) is 1.21. The summed E-state index contributed by atoms with van der Waals surface area (Å²) in [6, 6.07) is 13.5. The maximum atomic E-state index is 5.80. The molecule has 0 aliphatic carbocycles. The van der Waals surface area contributed by atoms with Gasteiger partial charge in [0.2, 0.25) is 0 Å². The van der Waals surface area contributed by atoms with Crippen molar-refractivity contribution in [3.8, 4) is 11.5 Å². The molecule has 0 radical (unpaired) electrons. The van der Waals surface area contributed by atoms with E-state index >= 15 is 0 Å². The summed E-state index contributed by atoms with van der Waals surface area (Å²) in [6.45, 7) is 0. The number of hydrogen-bond acceptors (Lipinski definition) is 1. The maximum absolute atomic E-state index is 5.80. The first-order valence-electron chi connectivity index (χ1n) is 4.55. The van der Waals surface area contributed by atoms with E-state index in [2.05, 4.69) is 47.8 Å². The molecule has 0 aliphatic heterocycles.